The number of nitrogen functional groups attached to an aromatic ring is 1. The van der Waals surface area contributed by atoms with E-state index in [4.69, 9.17) is 5.73 Å². The van der Waals surface area contributed by atoms with Gasteiger partial charge in [-0.25, -0.2) is 0 Å². The lowest BCUT2D eigenvalue weighted by Gasteiger charge is -2.12. The van der Waals surface area contributed by atoms with Crippen LogP contribution >= 0.6 is 0 Å². The number of nitrogens with zero attached hydrogens (tertiary/aromatic N) is 2. The molecule has 8 heteroatoms. The third-order valence-corrected chi connectivity index (χ3v) is 2.37. The minimum Gasteiger partial charge on any atom is -0.433 e. The number of nitrogens with one attached hydrogen (secondary N) is 2. The number of anilines is 4. The topological polar surface area (TPSA) is 85.1 Å². The Morgan fingerprint density at radius 3 is 2.60 bits per heavy atom. The van der Waals surface area contributed by atoms with Crippen molar-refractivity contribution in [2.45, 2.75) is 6.61 Å². The number of halogens is 2. The third-order valence-electron chi connectivity index (χ3n) is 2.37. The Kier molecular flexibility index (Phi) is 4.14. The van der Waals surface area contributed by atoms with Crippen LogP contribution in [0.5, 0.6) is 5.75 Å². The number of hydrogen-bond donors (Lipinski definition) is 3. The fourth-order valence-corrected chi connectivity index (χ4v) is 1.56. The number of ether oxygens (including phenoxy) is 1. The maximum atomic E-state index is 12.3. The number of rotatable bonds is 5. The quantitative estimate of drug-likeness (QED) is 0.780. The molecule has 4 N–H and O–H groups in total. The molecular formula is C12H13F2N5O. The highest BCUT2D eigenvalue weighted by Crippen LogP contribution is 2.28. The monoisotopic (exact) mass is 281 g/mol. The van der Waals surface area contributed by atoms with E-state index in [1.54, 1.807) is 31.3 Å². The van der Waals surface area contributed by atoms with Crippen LogP contribution in [-0.2, 0) is 0 Å². The van der Waals surface area contributed by atoms with Crippen LogP contribution < -0.4 is 21.1 Å². The Hall–Kier alpha value is -2.64. The van der Waals surface area contributed by atoms with E-state index in [-0.39, 0.29) is 11.7 Å². The normalized spacial score (nSPS) is 10.4. The Bertz CT molecular complexity index is 594. The van der Waals surface area contributed by atoms with E-state index in [0.717, 1.165) is 0 Å². The second-order valence-corrected chi connectivity index (χ2v) is 3.75. The molecule has 1 heterocycles. The molecule has 0 bridgehead atoms. The molecule has 6 nitrogen and oxygen atoms in total. The smallest absolute Gasteiger partial charge is 0.387 e. The largest absolute Gasteiger partial charge is 0.433 e. The van der Waals surface area contributed by atoms with Crippen LogP contribution in [0.1, 0.15) is 0 Å². The zero-order valence-corrected chi connectivity index (χ0v) is 10.6. The summed E-state index contributed by atoms with van der Waals surface area (Å²) >= 11 is 0. The molecule has 2 aromatic rings. The predicted octanol–water partition coefficient (Wildman–Crippen LogP) is 2.45. The van der Waals surface area contributed by atoms with Crippen molar-refractivity contribution in [2.75, 3.05) is 23.4 Å². The van der Waals surface area contributed by atoms with Gasteiger partial charge in [0.15, 0.2) is 0 Å². The second-order valence-electron chi connectivity index (χ2n) is 3.75. The molecule has 0 radical (unpaired) electrons. The van der Waals surface area contributed by atoms with Crippen LogP contribution in [-0.4, -0.2) is 23.6 Å². The third kappa shape index (κ3) is 3.44. The van der Waals surface area contributed by atoms with Crippen molar-refractivity contribution in [3.05, 3.63) is 30.3 Å². The highest BCUT2D eigenvalue weighted by Gasteiger charge is 2.10. The molecule has 0 aliphatic heterocycles. The summed E-state index contributed by atoms with van der Waals surface area (Å²) in [4.78, 5) is 7.90. The molecule has 0 fully saturated rings. The van der Waals surface area contributed by atoms with Gasteiger partial charge in [0.25, 0.3) is 0 Å². The number of aromatic nitrogens is 2. The molecule has 0 saturated carbocycles. The van der Waals surface area contributed by atoms with E-state index in [9.17, 15) is 8.78 Å². The van der Waals surface area contributed by atoms with Gasteiger partial charge in [-0.15, -0.1) is 0 Å². The van der Waals surface area contributed by atoms with Crippen LogP contribution in [0.15, 0.2) is 30.3 Å². The maximum absolute atomic E-state index is 12.3. The van der Waals surface area contributed by atoms with Gasteiger partial charge in [-0.2, -0.15) is 18.7 Å². The Morgan fingerprint density at radius 2 is 1.90 bits per heavy atom. The molecule has 2 rings (SSSR count). The van der Waals surface area contributed by atoms with Crippen molar-refractivity contribution < 1.29 is 13.5 Å². The standard InChI is InChI=1S/C12H13F2N5O/c1-16-9-6-10(19-12(15)18-9)17-7-4-2-3-5-8(7)20-11(13)14/h2-6,11H,1H3,(H4,15,16,17,18,19). The predicted molar refractivity (Wildman–Crippen MR) is 72.3 cm³/mol. The summed E-state index contributed by atoms with van der Waals surface area (Å²) in [5, 5.41) is 5.68. The van der Waals surface area contributed by atoms with Crippen molar-refractivity contribution >= 4 is 23.3 Å². The van der Waals surface area contributed by atoms with E-state index in [0.29, 0.717) is 17.3 Å². The second kappa shape index (κ2) is 6.00. The first-order valence-electron chi connectivity index (χ1n) is 5.71. The Balaban J connectivity index is 2.27. The van der Waals surface area contributed by atoms with Gasteiger partial charge in [-0.3, -0.25) is 0 Å². The van der Waals surface area contributed by atoms with Crippen LogP contribution in [0.25, 0.3) is 0 Å². The zero-order valence-electron chi connectivity index (χ0n) is 10.6. The lowest BCUT2D eigenvalue weighted by atomic mass is 10.3. The van der Waals surface area contributed by atoms with E-state index < -0.39 is 6.61 Å². The molecule has 0 aliphatic rings. The van der Waals surface area contributed by atoms with Crippen molar-refractivity contribution in [1.82, 2.24) is 9.97 Å². The molecule has 0 saturated heterocycles. The average molecular weight is 281 g/mol. The van der Waals surface area contributed by atoms with Crippen molar-refractivity contribution in [2.24, 2.45) is 0 Å². The van der Waals surface area contributed by atoms with Gasteiger partial charge >= 0.3 is 6.61 Å². The van der Waals surface area contributed by atoms with Gasteiger partial charge in [0.1, 0.15) is 17.4 Å². The number of benzene rings is 1. The van der Waals surface area contributed by atoms with Crippen LogP contribution in [0, 0.1) is 0 Å². The van der Waals surface area contributed by atoms with Gasteiger partial charge in [0.05, 0.1) is 5.69 Å². The number of nitrogens with two attached hydrogens (primary N) is 1. The first kappa shape index (κ1) is 13.8. The molecule has 106 valence electrons. The molecule has 1 aromatic carbocycles. The summed E-state index contributed by atoms with van der Waals surface area (Å²) in [6.45, 7) is -2.90. The SMILES string of the molecule is CNc1cc(Nc2ccccc2OC(F)F)nc(N)n1. The summed E-state index contributed by atoms with van der Waals surface area (Å²) in [5.74, 6) is 0.955. The summed E-state index contributed by atoms with van der Waals surface area (Å²) in [6, 6.07) is 7.89. The zero-order chi connectivity index (χ0) is 14.5. The van der Waals surface area contributed by atoms with E-state index in [1.165, 1.54) is 6.07 Å². The van der Waals surface area contributed by atoms with Crippen LogP contribution in [0.4, 0.5) is 32.1 Å². The minimum atomic E-state index is -2.90. The molecule has 0 amide bonds. The van der Waals surface area contributed by atoms with E-state index in [2.05, 4.69) is 25.3 Å². The first-order chi connectivity index (χ1) is 9.58. The minimum absolute atomic E-state index is 0.0192. The van der Waals surface area contributed by atoms with Crippen molar-refractivity contribution in [3.8, 4) is 5.75 Å². The highest BCUT2D eigenvalue weighted by atomic mass is 19.3. The maximum Gasteiger partial charge on any atom is 0.387 e. The molecule has 0 atom stereocenters. The molecular weight excluding hydrogens is 268 g/mol. The summed E-state index contributed by atoms with van der Waals surface area (Å²) in [6.07, 6.45) is 0. The highest BCUT2D eigenvalue weighted by molar-refractivity contribution is 5.66. The average Bonchev–Trinajstić information content (AvgIpc) is 2.39. The summed E-state index contributed by atoms with van der Waals surface area (Å²) in [5.41, 5.74) is 5.91. The molecule has 20 heavy (non-hydrogen) atoms. The Morgan fingerprint density at radius 1 is 1.20 bits per heavy atom. The molecule has 0 spiro atoms. The van der Waals surface area contributed by atoms with Gasteiger partial charge in [0.2, 0.25) is 5.95 Å². The lowest BCUT2D eigenvalue weighted by molar-refractivity contribution is -0.0493. The van der Waals surface area contributed by atoms with Gasteiger partial charge in [-0.1, -0.05) is 12.1 Å². The van der Waals surface area contributed by atoms with Crippen molar-refractivity contribution in [3.63, 3.8) is 0 Å². The van der Waals surface area contributed by atoms with Crippen LogP contribution in [0.2, 0.25) is 0 Å². The molecule has 0 unspecified atom stereocenters. The Labute approximate surface area is 114 Å². The number of para-hydroxylation sites is 2. The molecule has 0 aliphatic carbocycles. The number of hydrogen-bond acceptors (Lipinski definition) is 6. The molecule has 1 aromatic heterocycles. The first-order valence-corrected chi connectivity index (χ1v) is 5.71. The summed E-state index contributed by atoms with van der Waals surface area (Å²) in [7, 11) is 1.68. The van der Waals surface area contributed by atoms with E-state index in [1.807, 2.05) is 0 Å². The van der Waals surface area contributed by atoms with Crippen molar-refractivity contribution in [1.29, 1.82) is 0 Å². The number of alkyl halides is 2. The van der Waals surface area contributed by atoms with E-state index >= 15 is 0 Å². The van der Waals surface area contributed by atoms with Gasteiger partial charge in [0, 0.05) is 13.1 Å². The lowest BCUT2D eigenvalue weighted by Crippen LogP contribution is -2.06. The summed E-state index contributed by atoms with van der Waals surface area (Å²) < 4.78 is 29.1. The van der Waals surface area contributed by atoms with Gasteiger partial charge in [-0.05, 0) is 12.1 Å². The van der Waals surface area contributed by atoms with Crippen LogP contribution in [0.3, 0.4) is 0 Å². The fourth-order valence-electron chi connectivity index (χ4n) is 1.56. The fraction of sp³-hybridized carbons (Fsp3) is 0.167. The van der Waals surface area contributed by atoms with Gasteiger partial charge < -0.3 is 21.1 Å².